The molecule has 1 aliphatic rings. The van der Waals surface area contributed by atoms with E-state index in [4.69, 9.17) is 17.0 Å². The normalized spacial score (nSPS) is 24.5. The first-order chi connectivity index (χ1) is 13.5. The van der Waals surface area contributed by atoms with Crippen LogP contribution in [-0.2, 0) is 4.74 Å². The summed E-state index contributed by atoms with van der Waals surface area (Å²) < 4.78 is 7.11. The first-order valence-electron chi connectivity index (χ1n) is 8.45. The van der Waals surface area contributed by atoms with Crippen LogP contribution in [0.1, 0.15) is 16.6 Å². The molecule has 1 saturated heterocycles. The molecular formula is C17H17N5O5S. The van der Waals surface area contributed by atoms with E-state index in [1.807, 2.05) is 0 Å². The van der Waals surface area contributed by atoms with Crippen LogP contribution in [0.4, 0.5) is 5.95 Å². The molecule has 0 aliphatic carbocycles. The van der Waals surface area contributed by atoms with Crippen LogP contribution in [-0.4, -0.2) is 65.7 Å². The van der Waals surface area contributed by atoms with Crippen molar-refractivity contribution in [3.63, 3.8) is 0 Å². The number of fused-ring (bicyclic) bond motifs is 1. The summed E-state index contributed by atoms with van der Waals surface area (Å²) in [6.07, 6.45) is -3.09. The van der Waals surface area contributed by atoms with Gasteiger partial charge >= 0.3 is 0 Å². The van der Waals surface area contributed by atoms with Crippen molar-refractivity contribution in [2.24, 2.45) is 0 Å². The number of nitrogens with one attached hydrogen (secondary N) is 2. The van der Waals surface area contributed by atoms with E-state index in [2.05, 4.69) is 20.3 Å². The summed E-state index contributed by atoms with van der Waals surface area (Å²) >= 11 is 5.25. The molecule has 0 unspecified atom stereocenters. The lowest BCUT2D eigenvalue weighted by Gasteiger charge is -2.17. The standard InChI is InChI=1S/C17H17N5O5S/c23-6-9-11(24)12(25)16(27-9)22-7-18-10-13(22)19-17(21-15(10)28)20-14(26)8-4-2-1-3-5-8/h1-5,7,9,11-12,16,23-25H,6H2,(H2,19,20,21,26,28)/t9-,11-,12-,16-/m1/s1. The fourth-order valence-electron chi connectivity index (χ4n) is 3.07. The highest BCUT2D eigenvalue weighted by Gasteiger charge is 2.43. The predicted octanol–water partition coefficient (Wildman–Crippen LogP) is 0.353. The van der Waals surface area contributed by atoms with Crippen molar-refractivity contribution < 1.29 is 24.9 Å². The number of aliphatic hydroxyl groups excluding tert-OH is 3. The Bertz CT molecular complexity index is 1070. The molecule has 3 aromatic rings. The quantitative estimate of drug-likeness (QED) is 0.392. The number of carbonyl (C=O) groups excluding carboxylic acids is 1. The maximum Gasteiger partial charge on any atom is 0.257 e. The number of imidazole rings is 1. The van der Waals surface area contributed by atoms with Gasteiger partial charge in [0.2, 0.25) is 5.95 Å². The van der Waals surface area contributed by atoms with Crippen molar-refractivity contribution in [2.45, 2.75) is 24.5 Å². The second kappa shape index (κ2) is 7.37. The van der Waals surface area contributed by atoms with Gasteiger partial charge in [0, 0.05) is 5.56 Å². The lowest BCUT2D eigenvalue weighted by atomic mass is 10.1. The number of aromatic nitrogens is 4. The number of benzene rings is 1. The molecule has 0 radical (unpaired) electrons. The van der Waals surface area contributed by atoms with Gasteiger partial charge in [0.25, 0.3) is 5.91 Å². The number of rotatable bonds is 4. The third-order valence-corrected chi connectivity index (χ3v) is 4.79. The van der Waals surface area contributed by atoms with Gasteiger partial charge in [-0.25, -0.2) is 9.97 Å². The molecule has 5 N–H and O–H groups in total. The van der Waals surface area contributed by atoms with Crippen LogP contribution in [0.3, 0.4) is 0 Å². The molecule has 28 heavy (non-hydrogen) atoms. The summed E-state index contributed by atoms with van der Waals surface area (Å²) in [6, 6.07) is 8.60. The Kier molecular flexibility index (Phi) is 4.91. The van der Waals surface area contributed by atoms with Crippen LogP contribution in [0.25, 0.3) is 11.2 Å². The van der Waals surface area contributed by atoms with Gasteiger partial charge in [-0.3, -0.25) is 14.7 Å². The molecule has 4 atom stereocenters. The van der Waals surface area contributed by atoms with Crippen molar-refractivity contribution in [3.8, 4) is 0 Å². The first kappa shape index (κ1) is 18.7. The molecule has 1 fully saturated rings. The van der Waals surface area contributed by atoms with Crippen LogP contribution >= 0.6 is 12.2 Å². The monoisotopic (exact) mass is 403 g/mol. The lowest BCUT2D eigenvalue weighted by molar-refractivity contribution is -0.0511. The minimum atomic E-state index is -1.29. The number of hydrogen-bond acceptors (Lipinski definition) is 8. The maximum absolute atomic E-state index is 12.4. The molecule has 0 bridgehead atoms. The SMILES string of the molecule is O=C(Nc1nc(=S)c2ncn([C@@H]3O[C@H](CO)[C@@H](O)[C@H]3O)c2[nH]1)c1ccccc1. The number of aromatic amines is 1. The number of hydrogen-bond donors (Lipinski definition) is 5. The summed E-state index contributed by atoms with van der Waals surface area (Å²) in [5, 5.41) is 32.2. The Morgan fingerprint density at radius 3 is 2.71 bits per heavy atom. The van der Waals surface area contributed by atoms with Crippen molar-refractivity contribution in [1.82, 2.24) is 19.5 Å². The molecule has 1 aromatic carbocycles. The molecule has 2 aromatic heterocycles. The van der Waals surface area contributed by atoms with Crippen LogP contribution in [0.2, 0.25) is 0 Å². The lowest BCUT2D eigenvalue weighted by Crippen LogP contribution is -2.33. The van der Waals surface area contributed by atoms with E-state index in [0.29, 0.717) is 16.7 Å². The maximum atomic E-state index is 12.4. The van der Waals surface area contributed by atoms with Crippen LogP contribution in [0.5, 0.6) is 0 Å². The van der Waals surface area contributed by atoms with Gasteiger partial charge in [0.05, 0.1) is 12.9 Å². The topological polar surface area (TPSA) is 146 Å². The Morgan fingerprint density at radius 2 is 2.04 bits per heavy atom. The number of aliphatic hydroxyl groups is 3. The molecule has 4 rings (SSSR count). The smallest absolute Gasteiger partial charge is 0.257 e. The van der Waals surface area contributed by atoms with Crippen LogP contribution in [0.15, 0.2) is 36.7 Å². The summed E-state index contributed by atoms with van der Waals surface area (Å²) in [6.45, 7) is -0.447. The van der Waals surface area contributed by atoms with E-state index in [-0.39, 0.29) is 16.5 Å². The average molecular weight is 403 g/mol. The molecule has 146 valence electrons. The van der Waals surface area contributed by atoms with Gasteiger partial charge in [-0.2, -0.15) is 0 Å². The van der Waals surface area contributed by atoms with E-state index < -0.39 is 31.1 Å². The number of carbonyl (C=O) groups is 1. The molecule has 3 heterocycles. The largest absolute Gasteiger partial charge is 0.394 e. The van der Waals surface area contributed by atoms with Gasteiger partial charge in [-0.15, -0.1) is 0 Å². The van der Waals surface area contributed by atoms with Gasteiger partial charge in [0.1, 0.15) is 29.5 Å². The summed E-state index contributed by atoms with van der Waals surface area (Å²) in [5.41, 5.74) is 1.13. The van der Waals surface area contributed by atoms with Crippen molar-refractivity contribution >= 4 is 35.2 Å². The molecule has 1 aliphatic heterocycles. The van der Waals surface area contributed by atoms with Gasteiger partial charge < -0.3 is 25.0 Å². The first-order valence-corrected chi connectivity index (χ1v) is 8.86. The Hall–Kier alpha value is -2.70. The number of amides is 1. The minimum Gasteiger partial charge on any atom is -0.394 e. The van der Waals surface area contributed by atoms with E-state index in [1.54, 1.807) is 30.3 Å². The zero-order chi connectivity index (χ0) is 19.8. The Balaban J connectivity index is 1.69. The van der Waals surface area contributed by atoms with Crippen LogP contribution in [0, 0.1) is 4.64 Å². The number of H-pyrrole nitrogens is 1. The second-order valence-corrected chi connectivity index (χ2v) is 6.68. The summed E-state index contributed by atoms with van der Waals surface area (Å²) in [7, 11) is 0. The van der Waals surface area contributed by atoms with E-state index in [0.717, 1.165) is 0 Å². The summed E-state index contributed by atoms with van der Waals surface area (Å²) in [5.74, 6) is -0.281. The minimum absolute atomic E-state index is 0.0971. The fourth-order valence-corrected chi connectivity index (χ4v) is 3.31. The number of nitrogens with zero attached hydrogens (tertiary/aromatic N) is 3. The number of ether oxygens (including phenoxy) is 1. The highest BCUT2D eigenvalue weighted by atomic mass is 32.1. The predicted molar refractivity (Wildman–Crippen MR) is 100 cm³/mol. The van der Waals surface area contributed by atoms with Gasteiger partial charge in [0.15, 0.2) is 10.9 Å². The summed E-state index contributed by atoms with van der Waals surface area (Å²) in [4.78, 5) is 23.6. The zero-order valence-electron chi connectivity index (χ0n) is 14.4. The van der Waals surface area contributed by atoms with E-state index >= 15 is 0 Å². The molecule has 0 saturated carbocycles. The third-order valence-electron chi connectivity index (χ3n) is 4.51. The van der Waals surface area contributed by atoms with Gasteiger partial charge in [-0.1, -0.05) is 30.4 Å². The average Bonchev–Trinajstić information content (AvgIpc) is 3.24. The van der Waals surface area contributed by atoms with Crippen molar-refractivity contribution in [2.75, 3.05) is 11.9 Å². The Labute approximate surface area is 163 Å². The van der Waals surface area contributed by atoms with E-state index in [1.165, 1.54) is 10.9 Å². The zero-order valence-corrected chi connectivity index (χ0v) is 15.2. The highest BCUT2D eigenvalue weighted by molar-refractivity contribution is 7.71. The Morgan fingerprint density at radius 1 is 1.29 bits per heavy atom. The molecular weight excluding hydrogens is 386 g/mol. The second-order valence-electron chi connectivity index (χ2n) is 6.29. The van der Waals surface area contributed by atoms with Crippen LogP contribution < -0.4 is 5.32 Å². The van der Waals surface area contributed by atoms with Crippen molar-refractivity contribution in [1.29, 1.82) is 0 Å². The molecule has 1 amide bonds. The molecule has 11 heteroatoms. The number of anilines is 1. The third kappa shape index (κ3) is 3.19. The highest BCUT2D eigenvalue weighted by Crippen LogP contribution is 2.31. The van der Waals surface area contributed by atoms with E-state index in [9.17, 15) is 20.1 Å². The molecule has 10 nitrogen and oxygen atoms in total. The van der Waals surface area contributed by atoms with Gasteiger partial charge in [-0.05, 0) is 12.1 Å². The van der Waals surface area contributed by atoms with Crippen molar-refractivity contribution in [3.05, 3.63) is 46.9 Å². The fraction of sp³-hybridized carbons (Fsp3) is 0.294. The molecule has 0 spiro atoms.